The number of hydrogen-bond acceptors (Lipinski definition) is 2. The highest BCUT2D eigenvalue weighted by Gasteiger charge is 2.42. The van der Waals surface area contributed by atoms with E-state index in [4.69, 9.17) is 0 Å². The smallest absolute Gasteiger partial charge is 0.429 e. The Labute approximate surface area is 278 Å². The minimum Gasteiger partial charge on any atom is -0.429 e. The molecular formula is C37H38F10O2. The van der Waals surface area contributed by atoms with Crippen molar-refractivity contribution in [3.05, 3.63) is 82.7 Å². The van der Waals surface area contributed by atoms with E-state index in [-0.39, 0.29) is 29.2 Å². The van der Waals surface area contributed by atoms with E-state index < -0.39 is 58.6 Å². The Morgan fingerprint density at radius 3 is 1.73 bits per heavy atom. The Balaban J connectivity index is 1.23. The van der Waals surface area contributed by atoms with Crippen LogP contribution in [0.5, 0.6) is 11.5 Å². The average Bonchev–Trinajstić information content (AvgIpc) is 3.02. The van der Waals surface area contributed by atoms with Crippen molar-refractivity contribution < 1.29 is 53.4 Å². The summed E-state index contributed by atoms with van der Waals surface area (Å²) >= 11 is 0. The molecule has 0 saturated heterocycles. The van der Waals surface area contributed by atoms with Crippen LogP contribution < -0.4 is 9.47 Å². The van der Waals surface area contributed by atoms with Crippen molar-refractivity contribution in [1.29, 1.82) is 0 Å². The largest absolute Gasteiger partial charge is 0.573 e. The highest BCUT2D eigenvalue weighted by molar-refractivity contribution is 5.65. The van der Waals surface area contributed by atoms with Crippen LogP contribution in [-0.4, -0.2) is 6.36 Å². The van der Waals surface area contributed by atoms with Gasteiger partial charge in [0.25, 0.3) is 0 Å². The van der Waals surface area contributed by atoms with Gasteiger partial charge >= 0.3 is 12.5 Å². The maximum absolute atomic E-state index is 15.3. The molecule has 3 aromatic carbocycles. The first kappa shape index (κ1) is 36.8. The average molecular weight is 705 g/mol. The molecular weight excluding hydrogens is 666 g/mol. The van der Waals surface area contributed by atoms with E-state index in [2.05, 4.69) is 16.4 Å². The van der Waals surface area contributed by atoms with Gasteiger partial charge in [-0.25, -0.2) is 22.0 Å². The summed E-state index contributed by atoms with van der Waals surface area (Å²) in [5.74, 6) is -9.55. The van der Waals surface area contributed by atoms with Gasteiger partial charge in [0, 0.05) is 17.7 Å². The third-order valence-electron chi connectivity index (χ3n) is 10.1. The van der Waals surface area contributed by atoms with Crippen LogP contribution in [0.1, 0.15) is 101 Å². The topological polar surface area (TPSA) is 18.5 Å². The number of unbranched alkanes of at least 4 members (excludes halogenated alkanes) is 2. The molecule has 0 aliphatic heterocycles. The number of rotatable bonds is 11. The lowest BCUT2D eigenvalue weighted by Crippen LogP contribution is -2.25. The van der Waals surface area contributed by atoms with Gasteiger partial charge in [-0.05, 0) is 91.5 Å². The van der Waals surface area contributed by atoms with Gasteiger partial charge in [-0.15, -0.1) is 13.2 Å². The van der Waals surface area contributed by atoms with Crippen LogP contribution in [0.4, 0.5) is 43.9 Å². The Kier molecular flexibility index (Phi) is 11.4. The number of alkyl halides is 5. The summed E-state index contributed by atoms with van der Waals surface area (Å²) in [5, 5.41) is 0. The molecule has 2 nitrogen and oxygen atoms in total. The number of hydrogen-bond donors (Lipinski definition) is 0. The molecule has 5 rings (SSSR count). The number of benzene rings is 3. The molecule has 0 spiro atoms. The molecule has 49 heavy (non-hydrogen) atoms. The first-order chi connectivity index (χ1) is 23.1. The minimum atomic E-state index is -5.49. The lowest BCUT2D eigenvalue weighted by molar-refractivity contribution is -0.276. The molecule has 2 aliphatic rings. The SMILES string of the molecule is CCCCCC1CCC(C2CCC(c3ccc(-c4cc(F)c(C(F)(F)Oc5cc(F)c(OC(F)(F)F)c(F)c5)c(F)c4)c(F)c3)CC2)CC1. The van der Waals surface area contributed by atoms with Gasteiger partial charge in [-0.3, -0.25) is 0 Å². The van der Waals surface area contributed by atoms with E-state index in [0.29, 0.717) is 18.1 Å². The molecule has 3 aromatic rings. The van der Waals surface area contributed by atoms with E-state index in [1.54, 1.807) is 6.07 Å². The van der Waals surface area contributed by atoms with E-state index in [1.165, 1.54) is 63.5 Å². The lowest BCUT2D eigenvalue weighted by atomic mass is 9.68. The van der Waals surface area contributed by atoms with Crippen molar-refractivity contribution in [3.8, 4) is 22.6 Å². The number of halogens is 10. The zero-order chi connectivity index (χ0) is 35.5. The Morgan fingerprint density at radius 1 is 0.633 bits per heavy atom. The summed E-state index contributed by atoms with van der Waals surface area (Å²) in [5.41, 5.74) is -1.81. The second-order valence-corrected chi connectivity index (χ2v) is 13.3. The van der Waals surface area contributed by atoms with E-state index in [1.807, 2.05) is 0 Å². The molecule has 12 heteroatoms. The molecule has 2 fully saturated rings. The molecule has 0 atom stereocenters. The van der Waals surface area contributed by atoms with Gasteiger partial charge in [-0.1, -0.05) is 57.6 Å². The first-order valence-electron chi connectivity index (χ1n) is 16.8. The molecule has 2 aliphatic carbocycles. The summed E-state index contributed by atoms with van der Waals surface area (Å²) in [4.78, 5) is 0. The number of ether oxygens (including phenoxy) is 2. The fourth-order valence-electron chi connectivity index (χ4n) is 7.59. The van der Waals surface area contributed by atoms with Gasteiger partial charge in [0.15, 0.2) is 11.6 Å². The van der Waals surface area contributed by atoms with Crippen molar-refractivity contribution in [2.45, 2.75) is 102 Å². The minimum absolute atomic E-state index is 0.0634. The third-order valence-corrected chi connectivity index (χ3v) is 10.1. The summed E-state index contributed by atoms with van der Waals surface area (Å²) in [6, 6.07) is 5.13. The zero-order valence-electron chi connectivity index (χ0n) is 26.9. The molecule has 0 radical (unpaired) electrons. The Hall–Kier alpha value is -3.44. The second-order valence-electron chi connectivity index (χ2n) is 13.3. The van der Waals surface area contributed by atoms with Gasteiger partial charge in [0.05, 0.1) is 0 Å². The van der Waals surface area contributed by atoms with E-state index >= 15 is 4.39 Å². The van der Waals surface area contributed by atoms with Crippen LogP contribution in [0.2, 0.25) is 0 Å². The summed E-state index contributed by atoms with van der Waals surface area (Å²) < 4.78 is 147. The maximum atomic E-state index is 15.3. The fraction of sp³-hybridized carbons (Fsp3) is 0.514. The van der Waals surface area contributed by atoms with Gasteiger partial charge in [0.1, 0.15) is 28.8 Å². The summed E-state index contributed by atoms with van der Waals surface area (Å²) in [6.45, 7) is 2.22. The predicted molar refractivity (Wildman–Crippen MR) is 164 cm³/mol. The second kappa shape index (κ2) is 15.2. The van der Waals surface area contributed by atoms with Crippen molar-refractivity contribution in [2.75, 3.05) is 0 Å². The van der Waals surface area contributed by atoms with Crippen LogP contribution in [-0.2, 0) is 6.11 Å². The first-order valence-corrected chi connectivity index (χ1v) is 16.8. The van der Waals surface area contributed by atoms with Crippen LogP contribution >= 0.6 is 0 Å². The quantitative estimate of drug-likeness (QED) is 0.146. The normalized spacial score (nSPS) is 21.9. The third kappa shape index (κ3) is 9.03. The molecule has 0 aromatic heterocycles. The van der Waals surface area contributed by atoms with E-state index in [0.717, 1.165) is 43.1 Å². The molecule has 2 saturated carbocycles. The Morgan fingerprint density at radius 2 is 1.20 bits per heavy atom. The predicted octanol–water partition coefficient (Wildman–Crippen LogP) is 12.7. The fourth-order valence-corrected chi connectivity index (χ4v) is 7.59. The highest BCUT2D eigenvalue weighted by atomic mass is 19.4. The van der Waals surface area contributed by atoms with Gasteiger partial charge in [0.2, 0.25) is 5.75 Å². The lowest BCUT2D eigenvalue weighted by Gasteiger charge is -2.38. The van der Waals surface area contributed by atoms with Crippen molar-refractivity contribution in [2.24, 2.45) is 17.8 Å². The highest BCUT2D eigenvalue weighted by Crippen LogP contribution is 2.45. The van der Waals surface area contributed by atoms with Crippen LogP contribution in [0.3, 0.4) is 0 Å². The summed E-state index contributed by atoms with van der Waals surface area (Å²) in [6.07, 6.45) is 3.84. The standard InChI is InChI=1S/C37H38F10O2/c1-2-3-4-5-21-6-8-22(9-7-21)23-10-12-24(13-11-23)25-14-15-28(29(38)16-25)26-17-30(39)34(31(40)18-26)36(43,44)48-27-19-32(41)35(33(42)20-27)49-37(45,46)47/h14-24H,2-13H2,1H3. The van der Waals surface area contributed by atoms with Crippen molar-refractivity contribution >= 4 is 0 Å². The summed E-state index contributed by atoms with van der Waals surface area (Å²) in [7, 11) is 0. The monoisotopic (exact) mass is 704 g/mol. The Bertz CT molecular complexity index is 1540. The van der Waals surface area contributed by atoms with Gasteiger partial charge < -0.3 is 9.47 Å². The maximum Gasteiger partial charge on any atom is 0.573 e. The van der Waals surface area contributed by atoms with Crippen LogP contribution in [0, 0.1) is 46.8 Å². The molecule has 0 unspecified atom stereocenters. The molecule has 0 N–H and O–H groups in total. The molecule has 0 amide bonds. The zero-order valence-corrected chi connectivity index (χ0v) is 26.9. The van der Waals surface area contributed by atoms with Gasteiger partial charge in [-0.2, -0.15) is 8.78 Å². The van der Waals surface area contributed by atoms with E-state index in [9.17, 15) is 39.5 Å². The molecule has 268 valence electrons. The van der Waals surface area contributed by atoms with Crippen LogP contribution in [0.15, 0.2) is 42.5 Å². The van der Waals surface area contributed by atoms with Crippen molar-refractivity contribution in [1.82, 2.24) is 0 Å². The van der Waals surface area contributed by atoms with Crippen LogP contribution in [0.25, 0.3) is 11.1 Å². The van der Waals surface area contributed by atoms with Crippen molar-refractivity contribution in [3.63, 3.8) is 0 Å². The molecule has 0 heterocycles. The molecule has 0 bridgehead atoms.